The predicted molar refractivity (Wildman–Crippen MR) is 147 cm³/mol. The number of anilines is 2. The van der Waals surface area contributed by atoms with Crippen molar-refractivity contribution in [3.63, 3.8) is 0 Å². The summed E-state index contributed by atoms with van der Waals surface area (Å²) in [5.74, 6) is 1.47. The average molecular weight is 523 g/mol. The van der Waals surface area contributed by atoms with Gasteiger partial charge in [-0.25, -0.2) is 14.4 Å². The maximum Gasteiger partial charge on any atom is 0.151 e. The lowest BCUT2D eigenvalue weighted by molar-refractivity contribution is 0.0455. The fourth-order valence-corrected chi connectivity index (χ4v) is 5.18. The van der Waals surface area contributed by atoms with Gasteiger partial charge in [0.25, 0.3) is 0 Å². The van der Waals surface area contributed by atoms with E-state index in [0.29, 0.717) is 74.1 Å². The van der Waals surface area contributed by atoms with Crippen LogP contribution in [0, 0.1) is 28.5 Å². The van der Waals surface area contributed by atoms with E-state index in [0.717, 1.165) is 32.2 Å². The number of ether oxygens (including phenoxy) is 2. The lowest BCUT2D eigenvalue weighted by Gasteiger charge is -2.30. The number of halogens is 1. The highest BCUT2D eigenvalue weighted by molar-refractivity contribution is 5.65. The fraction of sp³-hybridized carbons (Fsp3) is 0.552. The molecule has 2 aromatic rings. The summed E-state index contributed by atoms with van der Waals surface area (Å²) in [6.07, 6.45) is 8.82. The van der Waals surface area contributed by atoms with Gasteiger partial charge in [0.15, 0.2) is 5.82 Å². The van der Waals surface area contributed by atoms with Gasteiger partial charge in [-0.15, -0.1) is 6.58 Å². The van der Waals surface area contributed by atoms with E-state index >= 15 is 0 Å². The molecule has 204 valence electrons. The monoisotopic (exact) mass is 522 g/mol. The Labute approximate surface area is 225 Å². The van der Waals surface area contributed by atoms with Crippen LogP contribution in [0.2, 0.25) is 0 Å². The molecule has 0 bridgehead atoms. The van der Waals surface area contributed by atoms with Gasteiger partial charge in [0.05, 0.1) is 30.0 Å². The second kappa shape index (κ2) is 13.7. The summed E-state index contributed by atoms with van der Waals surface area (Å²) in [5, 5.41) is 20.0. The molecule has 3 N–H and O–H groups in total. The number of hydrogen-bond acceptors (Lipinski definition) is 8. The molecule has 4 rings (SSSR count). The molecule has 0 aromatic carbocycles. The number of pyridine rings is 2. The highest BCUT2D eigenvalue weighted by Gasteiger charge is 2.32. The van der Waals surface area contributed by atoms with Crippen LogP contribution in [-0.2, 0) is 9.47 Å². The molecule has 9 heteroatoms. The van der Waals surface area contributed by atoms with Gasteiger partial charge in [0.2, 0.25) is 0 Å². The largest absolute Gasteiger partial charge is 0.383 e. The van der Waals surface area contributed by atoms with Crippen LogP contribution < -0.4 is 16.0 Å². The zero-order valence-electron chi connectivity index (χ0n) is 22.2. The summed E-state index contributed by atoms with van der Waals surface area (Å²) in [4.78, 5) is 8.93. The van der Waals surface area contributed by atoms with Crippen molar-refractivity contribution in [2.75, 3.05) is 50.7 Å². The Morgan fingerprint density at radius 2 is 2.05 bits per heavy atom. The third-order valence-electron chi connectivity index (χ3n) is 7.67. The second-order valence-corrected chi connectivity index (χ2v) is 10.4. The van der Waals surface area contributed by atoms with Crippen LogP contribution in [0.4, 0.5) is 16.0 Å². The van der Waals surface area contributed by atoms with Gasteiger partial charge in [-0.05, 0) is 69.2 Å². The third-order valence-corrected chi connectivity index (χ3v) is 7.67. The van der Waals surface area contributed by atoms with Gasteiger partial charge in [0, 0.05) is 44.5 Å². The molecule has 1 aliphatic carbocycles. The summed E-state index contributed by atoms with van der Waals surface area (Å²) >= 11 is 0. The van der Waals surface area contributed by atoms with E-state index in [-0.39, 0.29) is 6.04 Å². The molecule has 8 nitrogen and oxygen atoms in total. The van der Waals surface area contributed by atoms with Crippen LogP contribution in [0.1, 0.15) is 38.5 Å². The number of hydrogen-bond donors (Lipinski definition) is 3. The Hall–Kier alpha value is -3.06. The van der Waals surface area contributed by atoms with Crippen molar-refractivity contribution in [2.45, 2.75) is 50.6 Å². The van der Waals surface area contributed by atoms with Gasteiger partial charge >= 0.3 is 0 Å². The van der Waals surface area contributed by atoms with Crippen molar-refractivity contribution in [1.82, 2.24) is 15.3 Å². The first-order valence-corrected chi connectivity index (χ1v) is 13.5. The fourth-order valence-electron chi connectivity index (χ4n) is 5.18. The molecule has 2 aliphatic rings. The SMILES string of the molecule is C=C[C@H](COC)NCC1CCC(Nc2cc(-c3cccc(NCC4(C#N)CCOCC4)n3)c(F)cn2)CC1. The lowest BCUT2D eigenvalue weighted by atomic mass is 9.82. The van der Waals surface area contributed by atoms with Crippen LogP contribution in [0.3, 0.4) is 0 Å². The zero-order valence-corrected chi connectivity index (χ0v) is 22.2. The topological polar surface area (TPSA) is 104 Å². The minimum Gasteiger partial charge on any atom is -0.383 e. The van der Waals surface area contributed by atoms with Crippen molar-refractivity contribution in [2.24, 2.45) is 11.3 Å². The Morgan fingerprint density at radius 1 is 1.26 bits per heavy atom. The molecule has 2 fully saturated rings. The number of nitrogens with one attached hydrogen (secondary N) is 3. The molecular formula is C29H39FN6O2. The summed E-state index contributed by atoms with van der Waals surface area (Å²) in [7, 11) is 1.70. The number of rotatable bonds is 12. The molecule has 3 heterocycles. The molecule has 1 saturated heterocycles. The smallest absolute Gasteiger partial charge is 0.151 e. The maximum atomic E-state index is 14.8. The Kier molecular flexibility index (Phi) is 10.0. The summed E-state index contributed by atoms with van der Waals surface area (Å²) in [5.41, 5.74) is 0.457. The first kappa shape index (κ1) is 28.0. The molecule has 1 aliphatic heterocycles. The average Bonchev–Trinajstić information content (AvgIpc) is 2.96. The summed E-state index contributed by atoms with van der Waals surface area (Å²) in [6.45, 7) is 7.10. The van der Waals surface area contributed by atoms with Crippen molar-refractivity contribution < 1.29 is 13.9 Å². The van der Waals surface area contributed by atoms with E-state index in [2.05, 4.69) is 38.6 Å². The van der Waals surface area contributed by atoms with Gasteiger partial charge < -0.3 is 25.4 Å². The predicted octanol–water partition coefficient (Wildman–Crippen LogP) is 4.78. The number of nitrogens with zero attached hydrogens (tertiary/aromatic N) is 3. The maximum absolute atomic E-state index is 14.8. The van der Waals surface area contributed by atoms with Crippen molar-refractivity contribution in [1.29, 1.82) is 5.26 Å². The van der Waals surface area contributed by atoms with Crippen LogP contribution >= 0.6 is 0 Å². The summed E-state index contributed by atoms with van der Waals surface area (Å²) in [6, 6.07) is 10.1. The molecule has 1 atom stereocenters. The molecule has 0 unspecified atom stereocenters. The van der Waals surface area contributed by atoms with E-state index in [1.807, 2.05) is 18.2 Å². The minimum absolute atomic E-state index is 0.175. The van der Waals surface area contributed by atoms with Gasteiger partial charge in [-0.3, -0.25) is 0 Å². The highest BCUT2D eigenvalue weighted by Crippen LogP contribution is 2.31. The van der Waals surface area contributed by atoms with E-state index < -0.39 is 11.2 Å². The van der Waals surface area contributed by atoms with Crippen LogP contribution in [-0.4, -0.2) is 62.1 Å². The Morgan fingerprint density at radius 3 is 2.76 bits per heavy atom. The molecular weight excluding hydrogens is 483 g/mol. The van der Waals surface area contributed by atoms with E-state index in [1.54, 1.807) is 19.2 Å². The minimum atomic E-state index is -0.471. The number of aromatic nitrogens is 2. The summed E-state index contributed by atoms with van der Waals surface area (Å²) < 4.78 is 25.4. The van der Waals surface area contributed by atoms with E-state index in [1.165, 1.54) is 6.20 Å². The van der Waals surface area contributed by atoms with Crippen molar-refractivity contribution >= 4 is 11.6 Å². The van der Waals surface area contributed by atoms with Gasteiger partial charge in [0.1, 0.15) is 11.6 Å². The lowest BCUT2D eigenvalue weighted by Crippen LogP contribution is -2.37. The standard InChI is InChI=1S/C29H39FN6O2/c1-3-22(18-37-2)32-16-21-7-9-23(10-8-21)35-28-15-24(25(30)17-33-28)26-5-4-6-27(36-26)34-20-29(19-31)11-13-38-14-12-29/h3-6,15,17,21-23,32H,1,7-14,16,18,20H2,2H3,(H,33,35)(H,34,36)/t21?,22-,23?/m1/s1. The van der Waals surface area contributed by atoms with Crippen LogP contribution in [0.5, 0.6) is 0 Å². The van der Waals surface area contributed by atoms with Gasteiger partial charge in [-0.1, -0.05) is 12.1 Å². The Balaban J connectivity index is 1.34. The molecule has 1 saturated carbocycles. The van der Waals surface area contributed by atoms with Crippen molar-refractivity contribution in [3.8, 4) is 17.3 Å². The van der Waals surface area contributed by atoms with Crippen LogP contribution in [0.15, 0.2) is 43.1 Å². The highest BCUT2D eigenvalue weighted by atomic mass is 19.1. The molecule has 0 radical (unpaired) electrons. The number of nitriles is 1. The molecule has 0 amide bonds. The zero-order chi connectivity index (χ0) is 26.8. The molecule has 2 aromatic heterocycles. The first-order valence-electron chi connectivity index (χ1n) is 13.5. The quantitative estimate of drug-likeness (QED) is 0.342. The van der Waals surface area contributed by atoms with Gasteiger partial charge in [-0.2, -0.15) is 5.26 Å². The Bertz CT molecular complexity index is 1090. The van der Waals surface area contributed by atoms with Crippen molar-refractivity contribution in [3.05, 3.63) is 48.9 Å². The number of methoxy groups -OCH3 is 1. The third kappa shape index (κ3) is 7.50. The molecule has 38 heavy (non-hydrogen) atoms. The van der Waals surface area contributed by atoms with E-state index in [9.17, 15) is 9.65 Å². The normalized spacial score (nSPS) is 21.7. The van der Waals surface area contributed by atoms with Crippen LogP contribution in [0.25, 0.3) is 11.3 Å². The first-order chi connectivity index (χ1) is 18.5. The van der Waals surface area contributed by atoms with E-state index in [4.69, 9.17) is 9.47 Å². The second-order valence-electron chi connectivity index (χ2n) is 10.4. The molecule has 0 spiro atoms.